The van der Waals surface area contributed by atoms with Crippen molar-refractivity contribution in [1.82, 2.24) is 15.6 Å². The van der Waals surface area contributed by atoms with E-state index in [1.54, 1.807) is 18.3 Å². The first-order chi connectivity index (χ1) is 18.0. The summed E-state index contributed by atoms with van der Waals surface area (Å²) in [6.45, 7) is 0.0413. The fourth-order valence-electron chi connectivity index (χ4n) is 3.79. The molecule has 2 atom stereocenters. The van der Waals surface area contributed by atoms with Gasteiger partial charge in [-0.05, 0) is 41.7 Å². The number of rotatable bonds is 14. The van der Waals surface area contributed by atoms with E-state index in [-0.39, 0.29) is 18.7 Å². The van der Waals surface area contributed by atoms with E-state index in [2.05, 4.69) is 20.9 Å². The van der Waals surface area contributed by atoms with Crippen LogP contribution in [0.1, 0.15) is 37.3 Å². The number of benzene rings is 2. The van der Waals surface area contributed by atoms with E-state index in [9.17, 15) is 24.6 Å². The average Bonchev–Trinajstić information content (AvgIpc) is 2.92. The third-order valence-corrected chi connectivity index (χ3v) is 5.75. The summed E-state index contributed by atoms with van der Waals surface area (Å²) >= 11 is 0. The van der Waals surface area contributed by atoms with Crippen molar-refractivity contribution in [3.8, 4) is 11.1 Å². The molecule has 9 nitrogen and oxygen atoms in total. The first-order valence-corrected chi connectivity index (χ1v) is 12.2. The van der Waals surface area contributed by atoms with Gasteiger partial charge in [-0.25, -0.2) is 4.98 Å². The molecule has 0 saturated carbocycles. The van der Waals surface area contributed by atoms with Crippen molar-refractivity contribution in [3.05, 3.63) is 84.6 Å². The molecule has 3 rings (SSSR count). The molecule has 0 aliphatic rings. The number of carboxylic acid groups (broad SMARTS) is 1. The predicted octanol–water partition coefficient (Wildman–Crippen LogP) is 3.14. The van der Waals surface area contributed by atoms with Gasteiger partial charge in [-0.1, -0.05) is 60.7 Å². The van der Waals surface area contributed by atoms with E-state index >= 15 is 0 Å². The Bertz CT molecular complexity index is 1140. The van der Waals surface area contributed by atoms with Crippen LogP contribution < -0.4 is 16.0 Å². The second kappa shape index (κ2) is 14.4. The minimum absolute atomic E-state index is 0.188. The molecule has 2 amide bonds. The molecule has 5 N–H and O–H groups in total. The van der Waals surface area contributed by atoms with Crippen LogP contribution in [0.15, 0.2) is 79.0 Å². The molecule has 1 unspecified atom stereocenters. The SMILES string of the molecule is O=C(O)CC(NC(=O)[C@H](CO)NC(=O)CCCCNc1ccccn1)c1ccc(-c2ccccc2)cc1. The predicted molar refractivity (Wildman–Crippen MR) is 141 cm³/mol. The van der Waals surface area contributed by atoms with Gasteiger partial charge in [0.05, 0.1) is 19.1 Å². The standard InChI is InChI=1S/C28H32N4O5/c33-19-24(31-26(34)11-5-7-17-30-25-10-4-6-16-29-25)28(37)32-23(18-27(35)36)22-14-12-21(13-15-22)20-8-2-1-3-9-20/h1-4,6,8-10,12-16,23-24,33H,5,7,11,17-19H2,(H,29,30)(H,31,34)(H,32,37)(H,35,36)/t23?,24-/m0/s1. The number of aliphatic hydroxyl groups excluding tert-OH is 1. The largest absolute Gasteiger partial charge is 0.481 e. The second-order valence-corrected chi connectivity index (χ2v) is 8.55. The van der Waals surface area contributed by atoms with Crippen LogP contribution in [0.25, 0.3) is 11.1 Å². The first kappa shape index (κ1) is 27.3. The lowest BCUT2D eigenvalue weighted by Gasteiger charge is -2.22. The molecular weight excluding hydrogens is 472 g/mol. The highest BCUT2D eigenvalue weighted by Crippen LogP contribution is 2.23. The summed E-state index contributed by atoms with van der Waals surface area (Å²) in [5, 5.41) is 27.4. The number of carbonyl (C=O) groups excluding carboxylic acids is 2. The number of hydrogen-bond donors (Lipinski definition) is 5. The minimum atomic E-state index is -1.18. The van der Waals surface area contributed by atoms with Gasteiger partial charge >= 0.3 is 5.97 Å². The van der Waals surface area contributed by atoms with Gasteiger partial charge in [0.15, 0.2) is 0 Å². The zero-order chi connectivity index (χ0) is 26.5. The van der Waals surface area contributed by atoms with Crippen molar-refractivity contribution in [3.63, 3.8) is 0 Å². The third kappa shape index (κ3) is 9.05. The van der Waals surface area contributed by atoms with E-state index in [0.29, 0.717) is 18.5 Å². The maximum Gasteiger partial charge on any atom is 0.305 e. The molecule has 3 aromatic rings. The molecule has 0 fully saturated rings. The normalized spacial score (nSPS) is 12.2. The van der Waals surface area contributed by atoms with E-state index in [4.69, 9.17) is 0 Å². The zero-order valence-electron chi connectivity index (χ0n) is 20.5. The summed E-state index contributed by atoms with van der Waals surface area (Å²) in [6.07, 6.45) is 2.84. The summed E-state index contributed by atoms with van der Waals surface area (Å²) in [4.78, 5) is 40.7. The highest BCUT2D eigenvalue weighted by atomic mass is 16.4. The van der Waals surface area contributed by atoms with Crippen molar-refractivity contribution >= 4 is 23.6 Å². The van der Waals surface area contributed by atoms with Gasteiger partial charge in [0.25, 0.3) is 0 Å². The molecule has 9 heteroatoms. The fourth-order valence-corrected chi connectivity index (χ4v) is 3.79. The Hall–Kier alpha value is -4.24. The summed E-state index contributed by atoms with van der Waals surface area (Å²) in [6, 6.07) is 20.5. The van der Waals surface area contributed by atoms with E-state index in [0.717, 1.165) is 23.4 Å². The number of carboxylic acids is 1. The lowest BCUT2D eigenvalue weighted by Crippen LogP contribution is -2.49. The number of carbonyl (C=O) groups is 3. The van der Waals surface area contributed by atoms with Gasteiger partial charge in [-0.15, -0.1) is 0 Å². The Labute approximate surface area is 216 Å². The topological polar surface area (TPSA) is 141 Å². The quantitative estimate of drug-likeness (QED) is 0.212. The third-order valence-electron chi connectivity index (χ3n) is 5.75. The number of nitrogens with one attached hydrogen (secondary N) is 3. The number of unbranched alkanes of at least 4 members (excludes halogenated alkanes) is 1. The maximum atomic E-state index is 12.8. The number of amides is 2. The maximum absolute atomic E-state index is 12.8. The highest BCUT2D eigenvalue weighted by molar-refractivity contribution is 5.88. The molecule has 0 aliphatic heterocycles. The van der Waals surface area contributed by atoms with E-state index < -0.39 is 30.6 Å². The Morgan fingerprint density at radius 3 is 2.19 bits per heavy atom. The number of aliphatic hydroxyl groups is 1. The number of aromatic nitrogens is 1. The Balaban J connectivity index is 1.51. The van der Waals surface area contributed by atoms with Crippen LogP contribution >= 0.6 is 0 Å². The van der Waals surface area contributed by atoms with Crippen LogP contribution in [-0.2, 0) is 14.4 Å². The van der Waals surface area contributed by atoms with Crippen molar-refractivity contribution in [1.29, 1.82) is 0 Å². The minimum Gasteiger partial charge on any atom is -0.481 e. The average molecular weight is 505 g/mol. The monoisotopic (exact) mass is 504 g/mol. The molecule has 0 radical (unpaired) electrons. The zero-order valence-corrected chi connectivity index (χ0v) is 20.5. The van der Waals surface area contributed by atoms with Crippen LogP contribution in [0, 0.1) is 0 Å². The molecule has 0 saturated heterocycles. The van der Waals surface area contributed by atoms with E-state index in [1.165, 1.54) is 0 Å². The molecule has 1 aromatic heterocycles. The lowest BCUT2D eigenvalue weighted by molar-refractivity contribution is -0.138. The van der Waals surface area contributed by atoms with Gasteiger partial charge < -0.3 is 26.2 Å². The van der Waals surface area contributed by atoms with Crippen LogP contribution in [-0.4, -0.2) is 52.2 Å². The summed E-state index contributed by atoms with van der Waals surface area (Å²) in [7, 11) is 0. The summed E-state index contributed by atoms with van der Waals surface area (Å²) < 4.78 is 0. The first-order valence-electron chi connectivity index (χ1n) is 12.2. The smallest absolute Gasteiger partial charge is 0.305 e. The van der Waals surface area contributed by atoms with Crippen LogP contribution in [0.2, 0.25) is 0 Å². The second-order valence-electron chi connectivity index (χ2n) is 8.55. The summed E-state index contributed by atoms with van der Waals surface area (Å²) in [5.74, 6) is -1.34. The van der Waals surface area contributed by atoms with E-state index in [1.807, 2.05) is 60.7 Å². The summed E-state index contributed by atoms with van der Waals surface area (Å²) in [5.41, 5.74) is 2.59. The number of aliphatic carboxylic acids is 1. The Morgan fingerprint density at radius 2 is 1.54 bits per heavy atom. The molecule has 2 aromatic carbocycles. The Morgan fingerprint density at radius 1 is 0.838 bits per heavy atom. The van der Waals surface area contributed by atoms with Gasteiger partial charge in [0, 0.05) is 19.2 Å². The van der Waals surface area contributed by atoms with Crippen LogP contribution in [0.3, 0.4) is 0 Å². The number of nitrogens with zero attached hydrogens (tertiary/aromatic N) is 1. The number of hydrogen-bond acceptors (Lipinski definition) is 6. The Kier molecular flexibility index (Phi) is 10.6. The van der Waals surface area contributed by atoms with Gasteiger partial charge in [0.2, 0.25) is 11.8 Å². The van der Waals surface area contributed by atoms with Crippen molar-refractivity contribution < 1.29 is 24.6 Å². The number of anilines is 1. The van der Waals surface area contributed by atoms with Crippen molar-refractivity contribution in [2.24, 2.45) is 0 Å². The van der Waals surface area contributed by atoms with Crippen LogP contribution in [0.4, 0.5) is 5.82 Å². The van der Waals surface area contributed by atoms with Gasteiger partial charge in [-0.3, -0.25) is 14.4 Å². The molecule has 0 aliphatic carbocycles. The lowest BCUT2D eigenvalue weighted by atomic mass is 9.99. The molecule has 1 heterocycles. The molecule has 0 spiro atoms. The van der Waals surface area contributed by atoms with Crippen molar-refractivity contribution in [2.45, 2.75) is 37.8 Å². The van der Waals surface area contributed by atoms with Crippen molar-refractivity contribution in [2.75, 3.05) is 18.5 Å². The molecule has 194 valence electrons. The molecule has 37 heavy (non-hydrogen) atoms. The number of pyridine rings is 1. The van der Waals surface area contributed by atoms with Crippen LogP contribution in [0.5, 0.6) is 0 Å². The van der Waals surface area contributed by atoms with Gasteiger partial charge in [-0.2, -0.15) is 0 Å². The molecular formula is C28H32N4O5. The van der Waals surface area contributed by atoms with Gasteiger partial charge in [0.1, 0.15) is 11.9 Å². The molecule has 0 bridgehead atoms. The highest BCUT2D eigenvalue weighted by Gasteiger charge is 2.25. The fraction of sp³-hybridized carbons (Fsp3) is 0.286.